The predicted octanol–water partition coefficient (Wildman–Crippen LogP) is 2.22. The second-order valence-electron chi connectivity index (χ2n) is 3.71. The van der Waals surface area contributed by atoms with Crippen molar-refractivity contribution in [3.8, 4) is 0 Å². The number of benzene rings is 1. The minimum atomic E-state index is -3.52. The highest BCUT2D eigenvalue weighted by Gasteiger charge is 2.14. The lowest BCUT2D eigenvalue weighted by atomic mass is 10.4. The third-order valence-corrected chi connectivity index (χ3v) is 4.18. The van der Waals surface area contributed by atoms with Gasteiger partial charge >= 0.3 is 0 Å². The molecule has 1 N–H and O–H groups in total. The first-order valence-electron chi connectivity index (χ1n) is 5.15. The summed E-state index contributed by atoms with van der Waals surface area (Å²) in [7, 11) is -3.52. The Kier molecular flexibility index (Phi) is 3.84. The van der Waals surface area contributed by atoms with Crippen LogP contribution < -0.4 is 4.72 Å². The van der Waals surface area contributed by atoms with Gasteiger partial charge in [-0.1, -0.05) is 21.1 Å². The Labute approximate surface area is 113 Å². The zero-order chi connectivity index (χ0) is 13.2. The monoisotopic (exact) mass is 330 g/mol. The molecule has 0 bridgehead atoms. The molecule has 0 fully saturated rings. The van der Waals surface area contributed by atoms with Crippen LogP contribution in [-0.2, 0) is 16.6 Å². The van der Waals surface area contributed by atoms with Crippen LogP contribution in [0.2, 0.25) is 0 Å². The molecule has 5 nitrogen and oxygen atoms in total. The van der Waals surface area contributed by atoms with Crippen LogP contribution in [0.15, 0.2) is 44.2 Å². The van der Waals surface area contributed by atoms with Gasteiger partial charge in [0.1, 0.15) is 0 Å². The van der Waals surface area contributed by atoms with E-state index in [0.29, 0.717) is 11.5 Å². The fourth-order valence-electron chi connectivity index (χ4n) is 1.36. The number of hydrogen-bond acceptors (Lipinski definition) is 4. The van der Waals surface area contributed by atoms with Gasteiger partial charge in [-0.05, 0) is 31.2 Å². The van der Waals surface area contributed by atoms with Gasteiger partial charge < -0.3 is 4.52 Å². The highest BCUT2D eigenvalue weighted by molar-refractivity contribution is 9.10. The summed E-state index contributed by atoms with van der Waals surface area (Å²) >= 11 is 3.25. The van der Waals surface area contributed by atoms with Crippen LogP contribution >= 0.6 is 15.9 Å². The summed E-state index contributed by atoms with van der Waals surface area (Å²) in [5.74, 6) is 0.480. The summed E-state index contributed by atoms with van der Waals surface area (Å²) in [5, 5.41) is 3.69. The number of nitrogens with zero attached hydrogens (tertiary/aromatic N) is 1. The van der Waals surface area contributed by atoms with Crippen molar-refractivity contribution in [2.45, 2.75) is 18.4 Å². The Morgan fingerprint density at radius 1 is 1.33 bits per heavy atom. The molecular formula is C11H11BrN2O3S. The van der Waals surface area contributed by atoms with Crippen molar-refractivity contribution in [1.82, 2.24) is 9.88 Å². The maximum Gasteiger partial charge on any atom is 0.240 e. The smallest absolute Gasteiger partial charge is 0.240 e. The molecule has 0 spiro atoms. The lowest BCUT2D eigenvalue weighted by Gasteiger charge is -2.04. The van der Waals surface area contributed by atoms with E-state index in [1.807, 2.05) is 0 Å². The van der Waals surface area contributed by atoms with Crippen LogP contribution in [0.5, 0.6) is 0 Å². The van der Waals surface area contributed by atoms with Crippen LogP contribution in [0, 0.1) is 6.92 Å². The van der Waals surface area contributed by atoms with E-state index in [4.69, 9.17) is 4.52 Å². The molecule has 7 heteroatoms. The van der Waals surface area contributed by atoms with E-state index in [-0.39, 0.29) is 11.4 Å². The number of aryl methyl sites for hydroxylation is 1. The third-order valence-electron chi connectivity index (χ3n) is 2.24. The van der Waals surface area contributed by atoms with Gasteiger partial charge in [0.05, 0.1) is 17.1 Å². The van der Waals surface area contributed by atoms with E-state index in [1.54, 1.807) is 25.1 Å². The van der Waals surface area contributed by atoms with Gasteiger partial charge in [0.2, 0.25) is 10.0 Å². The van der Waals surface area contributed by atoms with Crippen molar-refractivity contribution in [1.29, 1.82) is 0 Å². The number of rotatable bonds is 4. The molecule has 0 saturated heterocycles. The number of sulfonamides is 1. The van der Waals surface area contributed by atoms with Crippen molar-refractivity contribution in [2.24, 2.45) is 0 Å². The molecular weight excluding hydrogens is 320 g/mol. The SMILES string of the molecule is Cc1cc(CNS(=O)(=O)c2ccc(Br)cc2)on1. The molecule has 2 rings (SSSR count). The highest BCUT2D eigenvalue weighted by atomic mass is 79.9. The van der Waals surface area contributed by atoms with Crippen molar-refractivity contribution in [2.75, 3.05) is 0 Å². The minimum absolute atomic E-state index is 0.0826. The molecule has 0 unspecified atom stereocenters. The highest BCUT2D eigenvalue weighted by Crippen LogP contribution is 2.15. The number of nitrogens with one attached hydrogen (secondary N) is 1. The van der Waals surface area contributed by atoms with Crippen molar-refractivity contribution in [3.05, 3.63) is 46.3 Å². The first-order chi connectivity index (χ1) is 8.47. The molecule has 96 valence electrons. The quantitative estimate of drug-likeness (QED) is 0.932. The molecule has 0 aliphatic rings. The molecule has 0 amide bonds. The summed E-state index contributed by atoms with van der Waals surface area (Å²) in [5.41, 5.74) is 0.716. The first kappa shape index (κ1) is 13.3. The Morgan fingerprint density at radius 2 is 2.00 bits per heavy atom. The third kappa shape index (κ3) is 3.18. The molecule has 1 aromatic carbocycles. The van der Waals surface area contributed by atoms with Gasteiger partial charge in [-0.25, -0.2) is 13.1 Å². The summed E-state index contributed by atoms with van der Waals surface area (Å²) in [6, 6.07) is 8.08. The van der Waals surface area contributed by atoms with Crippen molar-refractivity contribution < 1.29 is 12.9 Å². The van der Waals surface area contributed by atoms with Crippen LogP contribution in [0.4, 0.5) is 0 Å². The minimum Gasteiger partial charge on any atom is -0.360 e. The summed E-state index contributed by atoms with van der Waals surface area (Å²) in [6.45, 7) is 1.86. The molecule has 1 aromatic heterocycles. The van der Waals surface area contributed by atoms with Gasteiger partial charge in [-0.3, -0.25) is 0 Å². The summed E-state index contributed by atoms with van der Waals surface area (Å²) in [6.07, 6.45) is 0. The topological polar surface area (TPSA) is 72.2 Å². The summed E-state index contributed by atoms with van der Waals surface area (Å²) < 4.78 is 32.1. The van der Waals surface area contributed by atoms with Crippen LogP contribution in [0.25, 0.3) is 0 Å². The van der Waals surface area contributed by atoms with E-state index >= 15 is 0 Å². The second kappa shape index (κ2) is 5.21. The van der Waals surface area contributed by atoms with Crippen LogP contribution in [0.1, 0.15) is 11.5 Å². The fourth-order valence-corrected chi connectivity index (χ4v) is 2.62. The maximum atomic E-state index is 11.9. The van der Waals surface area contributed by atoms with Crippen LogP contribution in [-0.4, -0.2) is 13.6 Å². The molecule has 0 radical (unpaired) electrons. The largest absolute Gasteiger partial charge is 0.360 e. The van der Waals surface area contributed by atoms with E-state index in [2.05, 4.69) is 25.8 Å². The van der Waals surface area contributed by atoms with E-state index < -0.39 is 10.0 Å². The van der Waals surface area contributed by atoms with Crippen LogP contribution in [0.3, 0.4) is 0 Å². The van der Waals surface area contributed by atoms with E-state index in [9.17, 15) is 8.42 Å². The number of hydrogen-bond donors (Lipinski definition) is 1. The lowest BCUT2D eigenvalue weighted by molar-refractivity contribution is 0.377. The van der Waals surface area contributed by atoms with E-state index in [1.165, 1.54) is 12.1 Å². The normalized spacial score (nSPS) is 11.7. The van der Waals surface area contributed by atoms with Gasteiger partial charge in [0.25, 0.3) is 0 Å². The Hall–Kier alpha value is -1.18. The predicted molar refractivity (Wildman–Crippen MR) is 69.4 cm³/mol. The number of halogens is 1. The van der Waals surface area contributed by atoms with Gasteiger partial charge in [-0.15, -0.1) is 0 Å². The zero-order valence-corrected chi connectivity index (χ0v) is 12.0. The Morgan fingerprint density at radius 3 is 2.56 bits per heavy atom. The standard InChI is InChI=1S/C11H11BrN2O3S/c1-8-6-10(17-14-8)7-13-18(15,16)11-4-2-9(12)3-5-11/h2-6,13H,7H2,1H3. The molecule has 0 aliphatic carbocycles. The van der Waals surface area contributed by atoms with Gasteiger partial charge in [0, 0.05) is 10.5 Å². The Balaban J connectivity index is 2.10. The lowest BCUT2D eigenvalue weighted by Crippen LogP contribution is -2.22. The zero-order valence-electron chi connectivity index (χ0n) is 9.55. The molecule has 0 atom stereocenters. The maximum absolute atomic E-state index is 11.9. The van der Waals surface area contributed by atoms with Gasteiger partial charge in [0.15, 0.2) is 5.76 Å². The van der Waals surface area contributed by atoms with Crippen molar-refractivity contribution in [3.63, 3.8) is 0 Å². The summed E-state index contributed by atoms with van der Waals surface area (Å²) in [4.78, 5) is 0.210. The van der Waals surface area contributed by atoms with E-state index in [0.717, 1.165) is 4.47 Å². The second-order valence-corrected chi connectivity index (χ2v) is 6.40. The van der Waals surface area contributed by atoms with Crippen molar-refractivity contribution >= 4 is 26.0 Å². The van der Waals surface area contributed by atoms with Gasteiger partial charge in [-0.2, -0.15) is 0 Å². The Bertz CT molecular complexity index is 635. The molecule has 2 aromatic rings. The molecule has 1 heterocycles. The fraction of sp³-hybridized carbons (Fsp3) is 0.182. The first-order valence-corrected chi connectivity index (χ1v) is 7.42. The molecule has 0 saturated carbocycles. The number of aromatic nitrogens is 1. The molecule has 18 heavy (non-hydrogen) atoms. The average molecular weight is 331 g/mol. The average Bonchev–Trinajstić information content (AvgIpc) is 2.73. The molecule has 0 aliphatic heterocycles.